The van der Waals surface area contributed by atoms with Gasteiger partial charge in [0.05, 0.1) is 17.8 Å². The zero-order valence-electron chi connectivity index (χ0n) is 9.94. The normalized spacial score (nSPS) is 10.3. The molecule has 0 aliphatic rings. The van der Waals surface area contributed by atoms with Crippen molar-refractivity contribution in [3.05, 3.63) is 28.6 Å². The first-order chi connectivity index (χ1) is 9.13. The summed E-state index contributed by atoms with van der Waals surface area (Å²) in [7, 11) is 1.56. The van der Waals surface area contributed by atoms with Crippen LogP contribution >= 0.6 is 34.5 Å². The molecule has 2 rings (SSSR count). The van der Waals surface area contributed by atoms with E-state index in [0.717, 1.165) is 11.3 Å². The fourth-order valence-corrected chi connectivity index (χ4v) is 2.50. The third-order valence-corrected chi connectivity index (χ3v) is 3.62. The van der Waals surface area contributed by atoms with Crippen LogP contribution in [0.15, 0.2) is 23.6 Å². The van der Waals surface area contributed by atoms with Gasteiger partial charge >= 0.3 is 0 Å². The van der Waals surface area contributed by atoms with E-state index >= 15 is 0 Å². The fraction of sp³-hybridized carbons (Fsp3) is 0.167. The van der Waals surface area contributed by atoms with E-state index in [9.17, 15) is 4.79 Å². The Balaban J connectivity index is 2.23. The van der Waals surface area contributed by atoms with Gasteiger partial charge in [0, 0.05) is 10.9 Å². The predicted molar refractivity (Wildman–Crippen MR) is 78.5 cm³/mol. The fourth-order valence-electron chi connectivity index (χ4n) is 1.44. The first-order valence-electron chi connectivity index (χ1n) is 5.29. The van der Waals surface area contributed by atoms with E-state index < -0.39 is 0 Å². The van der Waals surface area contributed by atoms with Gasteiger partial charge in [-0.2, -0.15) is 0 Å². The number of carbonyl (C=O) groups is 1. The molecule has 0 atom stereocenters. The van der Waals surface area contributed by atoms with Gasteiger partial charge in [-0.15, -0.1) is 22.9 Å². The first-order valence-corrected chi connectivity index (χ1v) is 7.08. The van der Waals surface area contributed by atoms with E-state index in [1.165, 1.54) is 11.3 Å². The zero-order chi connectivity index (χ0) is 13.8. The Bertz CT molecular complexity index is 601. The summed E-state index contributed by atoms with van der Waals surface area (Å²) in [5.74, 6) is 0.232. The van der Waals surface area contributed by atoms with Crippen LogP contribution in [0.2, 0.25) is 5.02 Å². The van der Waals surface area contributed by atoms with Crippen LogP contribution < -0.4 is 10.1 Å². The molecule has 100 valence electrons. The maximum Gasteiger partial charge on any atom is 0.241 e. The molecule has 2 aromatic rings. The molecule has 0 saturated heterocycles. The Hall–Kier alpha value is -1.30. The predicted octanol–water partition coefficient (Wildman–Crippen LogP) is 3.65. The second-order valence-electron chi connectivity index (χ2n) is 3.57. The largest absolute Gasteiger partial charge is 0.495 e. The van der Waals surface area contributed by atoms with Crippen molar-refractivity contribution in [2.75, 3.05) is 18.3 Å². The van der Waals surface area contributed by atoms with Crippen LogP contribution in [-0.4, -0.2) is 23.9 Å². The van der Waals surface area contributed by atoms with Gasteiger partial charge in [-0.25, -0.2) is 4.98 Å². The molecule has 1 aromatic carbocycles. The van der Waals surface area contributed by atoms with Crippen molar-refractivity contribution in [2.24, 2.45) is 0 Å². The SMILES string of the molecule is COc1ccc(-c2csc(NC(=O)CCl)n2)cc1Cl. The second-order valence-corrected chi connectivity index (χ2v) is 5.10. The van der Waals surface area contributed by atoms with E-state index in [-0.39, 0.29) is 11.8 Å². The van der Waals surface area contributed by atoms with Gasteiger partial charge in [0.1, 0.15) is 11.6 Å². The van der Waals surface area contributed by atoms with Crippen molar-refractivity contribution in [2.45, 2.75) is 0 Å². The molecule has 0 aliphatic heterocycles. The van der Waals surface area contributed by atoms with Crippen molar-refractivity contribution < 1.29 is 9.53 Å². The molecule has 0 radical (unpaired) electrons. The minimum absolute atomic E-state index is 0.0940. The van der Waals surface area contributed by atoms with Crippen LogP contribution in [0.4, 0.5) is 5.13 Å². The molecule has 0 bridgehead atoms. The summed E-state index contributed by atoms with van der Waals surface area (Å²) in [5, 5.41) is 5.45. The van der Waals surface area contributed by atoms with Crippen molar-refractivity contribution in [3.63, 3.8) is 0 Å². The molecular weight excluding hydrogens is 307 g/mol. The lowest BCUT2D eigenvalue weighted by molar-refractivity contribution is -0.113. The van der Waals surface area contributed by atoms with Crippen LogP contribution in [0.1, 0.15) is 0 Å². The van der Waals surface area contributed by atoms with Crippen molar-refractivity contribution >= 4 is 45.6 Å². The summed E-state index contributed by atoms with van der Waals surface area (Å²) >= 11 is 12.8. The van der Waals surface area contributed by atoms with E-state index in [0.29, 0.717) is 15.9 Å². The molecule has 1 aromatic heterocycles. The van der Waals surface area contributed by atoms with Gasteiger partial charge in [-0.3, -0.25) is 4.79 Å². The van der Waals surface area contributed by atoms with Gasteiger partial charge in [-0.1, -0.05) is 11.6 Å². The van der Waals surface area contributed by atoms with Crippen LogP contribution in [0.3, 0.4) is 0 Å². The molecule has 7 heteroatoms. The lowest BCUT2D eigenvalue weighted by atomic mass is 10.2. The summed E-state index contributed by atoms with van der Waals surface area (Å²) in [6.45, 7) is 0. The first kappa shape index (κ1) is 14.1. The quantitative estimate of drug-likeness (QED) is 0.876. The highest BCUT2D eigenvalue weighted by molar-refractivity contribution is 7.14. The van der Waals surface area contributed by atoms with Crippen LogP contribution in [0.25, 0.3) is 11.3 Å². The van der Waals surface area contributed by atoms with E-state index in [1.54, 1.807) is 19.2 Å². The number of aromatic nitrogens is 1. The maximum absolute atomic E-state index is 11.2. The minimum atomic E-state index is -0.282. The number of nitrogens with one attached hydrogen (secondary N) is 1. The van der Waals surface area contributed by atoms with Crippen LogP contribution in [0, 0.1) is 0 Å². The molecule has 0 spiro atoms. The van der Waals surface area contributed by atoms with E-state index in [2.05, 4.69) is 10.3 Å². The average molecular weight is 317 g/mol. The number of nitrogens with zero attached hydrogens (tertiary/aromatic N) is 1. The maximum atomic E-state index is 11.2. The Kier molecular flexibility index (Phi) is 4.63. The number of halogens is 2. The number of amides is 1. The molecule has 19 heavy (non-hydrogen) atoms. The standard InChI is InChI=1S/C12H10Cl2N2O2S/c1-18-10-3-2-7(4-8(10)14)9-6-19-12(15-9)16-11(17)5-13/h2-4,6H,5H2,1H3,(H,15,16,17). The number of ether oxygens (including phenoxy) is 1. The summed E-state index contributed by atoms with van der Waals surface area (Å²) < 4.78 is 5.09. The zero-order valence-corrected chi connectivity index (χ0v) is 12.3. The molecule has 0 aliphatic carbocycles. The Labute approximate surface area is 124 Å². The highest BCUT2D eigenvalue weighted by Gasteiger charge is 2.09. The van der Waals surface area contributed by atoms with Crippen molar-refractivity contribution in [3.8, 4) is 17.0 Å². The number of rotatable bonds is 4. The molecule has 4 nitrogen and oxygen atoms in total. The van der Waals surface area contributed by atoms with E-state index in [1.807, 2.05) is 11.4 Å². The van der Waals surface area contributed by atoms with Gasteiger partial charge < -0.3 is 10.1 Å². The third kappa shape index (κ3) is 3.37. The third-order valence-electron chi connectivity index (χ3n) is 2.32. The number of carbonyl (C=O) groups excluding carboxylic acids is 1. The van der Waals surface area contributed by atoms with Crippen molar-refractivity contribution in [1.82, 2.24) is 4.98 Å². The minimum Gasteiger partial charge on any atom is -0.495 e. The number of hydrogen-bond donors (Lipinski definition) is 1. The average Bonchev–Trinajstić information content (AvgIpc) is 2.87. The molecule has 1 N–H and O–H groups in total. The highest BCUT2D eigenvalue weighted by Crippen LogP contribution is 2.31. The monoisotopic (exact) mass is 316 g/mol. The molecule has 1 amide bonds. The Morgan fingerprint density at radius 3 is 2.95 bits per heavy atom. The summed E-state index contributed by atoms with van der Waals surface area (Å²) in [5.41, 5.74) is 1.59. The van der Waals surface area contributed by atoms with Gasteiger partial charge in [0.15, 0.2) is 5.13 Å². The van der Waals surface area contributed by atoms with Gasteiger partial charge in [0.2, 0.25) is 5.91 Å². The number of hydrogen-bond acceptors (Lipinski definition) is 4. The molecule has 0 saturated carbocycles. The van der Waals surface area contributed by atoms with E-state index in [4.69, 9.17) is 27.9 Å². The smallest absolute Gasteiger partial charge is 0.241 e. The lowest BCUT2D eigenvalue weighted by Crippen LogP contribution is -2.12. The molecule has 0 fully saturated rings. The number of methoxy groups -OCH3 is 1. The number of anilines is 1. The number of alkyl halides is 1. The molecule has 0 unspecified atom stereocenters. The second kappa shape index (κ2) is 6.23. The van der Waals surface area contributed by atoms with Crippen molar-refractivity contribution in [1.29, 1.82) is 0 Å². The number of benzene rings is 1. The highest BCUT2D eigenvalue weighted by atomic mass is 35.5. The molecular formula is C12H10Cl2N2O2S. The Morgan fingerprint density at radius 2 is 2.32 bits per heavy atom. The topological polar surface area (TPSA) is 51.2 Å². The summed E-state index contributed by atoms with van der Waals surface area (Å²) in [6, 6.07) is 5.39. The summed E-state index contributed by atoms with van der Waals surface area (Å²) in [6.07, 6.45) is 0. The molecule has 1 heterocycles. The van der Waals surface area contributed by atoms with Crippen LogP contribution in [-0.2, 0) is 4.79 Å². The van der Waals surface area contributed by atoms with Gasteiger partial charge in [0.25, 0.3) is 0 Å². The lowest BCUT2D eigenvalue weighted by Gasteiger charge is -2.04. The van der Waals surface area contributed by atoms with Gasteiger partial charge in [-0.05, 0) is 18.2 Å². The summed E-state index contributed by atoms with van der Waals surface area (Å²) in [4.78, 5) is 15.4. The van der Waals surface area contributed by atoms with Crippen LogP contribution in [0.5, 0.6) is 5.75 Å². The Morgan fingerprint density at radius 1 is 1.53 bits per heavy atom. The number of thiazole rings is 1.